The first kappa shape index (κ1) is 12.5. The van der Waals surface area contributed by atoms with E-state index in [2.05, 4.69) is 24.9 Å². The van der Waals surface area contributed by atoms with E-state index in [9.17, 15) is 0 Å². The number of hydrogen-bond donors (Lipinski definition) is 1. The van der Waals surface area contributed by atoms with Crippen molar-refractivity contribution in [1.29, 1.82) is 5.26 Å². The van der Waals surface area contributed by atoms with Gasteiger partial charge in [-0.15, -0.1) is 0 Å². The molecule has 0 aromatic carbocycles. The van der Waals surface area contributed by atoms with Gasteiger partial charge < -0.3 is 10.6 Å². The van der Waals surface area contributed by atoms with E-state index in [1.165, 1.54) is 19.3 Å². The molecule has 0 radical (unpaired) electrons. The van der Waals surface area contributed by atoms with Crippen molar-refractivity contribution in [3.05, 3.63) is 0 Å². The van der Waals surface area contributed by atoms with Crippen LogP contribution in [0.5, 0.6) is 0 Å². The summed E-state index contributed by atoms with van der Waals surface area (Å²) in [5, 5.41) is 9.11. The van der Waals surface area contributed by atoms with Crippen LogP contribution in [-0.2, 0) is 0 Å². The van der Waals surface area contributed by atoms with E-state index in [1.807, 2.05) is 0 Å². The Morgan fingerprint density at radius 1 is 1.47 bits per heavy atom. The monoisotopic (exact) mass is 209 g/mol. The summed E-state index contributed by atoms with van der Waals surface area (Å²) < 4.78 is 0. The highest BCUT2D eigenvalue weighted by molar-refractivity contribution is 5.14. The van der Waals surface area contributed by atoms with Gasteiger partial charge in [0.2, 0.25) is 0 Å². The third-order valence-corrected chi connectivity index (χ3v) is 3.19. The van der Waals surface area contributed by atoms with Gasteiger partial charge in [0.05, 0.1) is 6.07 Å². The van der Waals surface area contributed by atoms with Crippen molar-refractivity contribution in [2.24, 2.45) is 11.7 Å². The van der Waals surface area contributed by atoms with Crippen LogP contribution in [0, 0.1) is 17.2 Å². The highest BCUT2D eigenvalue weighted by Crippen LogP contribution is 2.38. The van der Waals surface area contributed by atoms with E-state index in [-0.39, 0.29) is 0 Å². The molecule has 15 heavy (non-hydrogen) atoms. The molecule has 1 atom stereocenters. The molecule has 0 saturated heterocycles. The van der Waals surface area contributed by atoms with Crippen LogP contribution in [0.1, 0.15) is 39.0 Å². The third-order valence-electron chi connectivity index (χ3n) is 3.19. The normalized spacial score (nSPS) is 19.9. The summed E-state index contributed by atoms with van der Waals surface area (Å²) in [6.07, 6.45) is 5.97. The van der Waals surface area contributed by atoms with Crippen LogP contribution in [0.15, 0.2) is 0 Å². The molecular formula is C12H23N3. The summed E-state index contributed by atoms with van der Waals surface area (Å²) in [7, 11) is 2.07. The van der Waals surface area contributed by atoms with Crippen molar-refractivity contribution < 1.29 is 0 Å². The first-order valence-corrected chi connectivity index (χ1v) is 6.01. The zero-order valence-electron chi connectivity index (χ0n) is 10.00. The minimum atomic E-state index is -0.596. The molecular weight excluding hydrogens is 186 g/mol. The average Bonchev–Trinajstić information content (AvgIpc) is 3.01. The zero-order valence-corrected chi connectivity index (χ0v) is 10.00. The van der Waals surface area contributed by atoms with Crippen molar-refractivity contribution in [2.45, 2.75) is 44.6 Å². The molecule has 86 valence electrons. The van der Waals surface area contributed by atoms with Crippen molar-refractivity contribution >= 4 is 0 Å². The number of nitriles is 1. The second-order valence-electron chi connectivity index (χ2n) is 4.87. The lowest BCUT2D eigenvalue weighted by Gasteiger charge is -2.27. The van der Waals surface area contributed by atoms with Crippen molar-refractivity contribution in [3.8, 4) is 6.07 Å². The molecule has 1 rings (SSSR count). The molecule has 1 saturated carbocycles. The Morgan fingerprint density at radius 3 is 2.60 bits per heavy atom. The van der Waals surface area contributed by atoms with Gasteiger partial charge in [-0.1, -0.05) is 19.8 Å². The summed E-state index contributed by atoms with van der Waals surface area (Å²) in [5.74, 6) is 0.441. The topological polar surface area (TPSA) is 53.0 Å². The van der Waals surface area contributed by atoms with Gasteiger partial charge in [0, 0.05) is 6.54 Å². The Kier molecular flexibility index (Phi) is 4.56. The maximum absolute atomic E-state index is 9.11. The van der Waals surface area contributed by atoms with Crippen LogP contribution in [0.25, 0.3) is 0 Å². The van der Waals surface area contributed by atoms with Crippen LogP contribution < -0.4 is 5.73 Å². The van der Waals surface area contributed by atoms with Crippen LogP contribution in [-0.4, -0.2) is 30.6 Å². The smallest absolute Gasteiger partial charge is 0.119 e. The molecule has 0 amide bonds. The molecule has 1 fully saturated rings. The second-order valence-corrected chi connectivity index (χ2v) is 4.87. The highest BCUT2D eigenvalue weighted by Gasteiger charge is 2.43. The lowest BCUT2D eigenvalue weighted by molar-refractivity contribution is 0.259. The summed E-state index contributed by atoms with van der Waals surface area (Å²) >= 11 is 0. The fourth-order valence-corrected chi connectivity index (χ4v) is 2.01. The number of nitrogens with zero attached hydrogens (tertiary/aromatic N) is 2. The molecule has 0 bridgehead atoms. The van der Waals surface area contributed by atoms with E-state index in [4.69, 9.17) is 11.0 Å². The van der Waals surface area contributed by atoms with Gasteiger partial charge in [0.25, 0.3) is 0 Å². The Labute approximate surface area is 93.2 Å². The van der Waals surface area contributed by atoms with Crippen molar-refractivity contribution in [2.75, 3.05) is 20.1 Å². The highest BCUT2D eigenvalue weighted by atomic mass is 15.1. The van der Waals surface area contributed by atoms with E-state index < -0.39 is 5.54 Å². The molecule has 1 aliphatic rings. The Hall–Kier alpha value is -0.590. The molecule has 1 aliphatic carbocycles. The van der Waals surface area contributed by atoms with E-state index in [1.54, 1.807) is 0 Å². The zero-order chi connectivity index (χ0) is 11.3. The minimum Gasteiger partial charge on any atom is -0.312 e. The van der Waals surface area contributed by atoms with Gasteiger partial charge in [-0.05, 0) is 38.8 Å². The molecule has 0 heterocycles. The first-order valence-electron chi connectivity index (χ1n) is 6.01. The average molecular weight is 209 g/mol. The maximum Gasteiger partial charge on any atom is 0.119 e. The number of likely N-dealkylation sites (N-methyl/N-ethyl adjacent to an activating group) is 1. The van der Waals surface area contributed by atoms with Crippen molar-refractivity contribution in [3.63, 3.8) is 0 Å². The molecule has 0 aromatic heterocycles. The quantitative estimate of drug-likeness (QED) is 0.650. The number of unbranched alkanes of at least 4 members (excludes halogenated alkanes) is 2. The molecule has 0 spiro atoms. The lowest BCUT2D eigenvalue weighted by atomic mass is 9.96. The molecule has 1 unspecified atom stereocenters. The minimum absolute atomic E-state index is 0.441. The summed E-state index contributed by atoms with van der Waals surface area (Å²) in [5.41, 5.74) is 5.51. The van der Waals surface area contributed by atoms with Crippen LogP contribution >= 0.6 is 0 Å². The standard InChI is InChI=1S/C12H23N3/c1-3-4-5-8-15(2)10-12(14,9-13)11-6-7-11/h11H,3-8,10,14H2,1-2H3. The fourth-order valence-electron chi connectivity index (χ4n) is 2.01. The predicted octanol–water partition coefficient (Wildman–Crippen LogP) is 1.74. The van der Waals surface area contributed by atoms with Crippen LogP contribution in [0.2, 0.25) is 0 Å². The van der Waals surface area contributed by atoms with Gasteiger partial charge in [-0.25, -0.2) is 0 Å². The number of nitrogens with two attached hydrogens (primary N) is 1. The largest absolute Gasteiger partial charge is 0.312 e. The fraction of sp³-hybridized carbons (Fsp3) is 0.917. The van der Waals surface area contributed by atoms with E-state index in [0.29, 0.717) is 5.92 Å². The lowest BCUT2D eigenvalue weighted by Crippen LogP contribution is -2.50. The molecule has 2 N–H and O–H groups in total. The Bertz CT molecular complexity index is 230. The third kappa shape index (κ3) is 3.81. The van der Waals surface area contributed by atoms with E-state index in [0.717, 1.165) is 25.9 Å². The van der Waals surface area contributed by atoms with Gasteiger partial charge >= 0.3 is 0 Å². The summed E-state index contributed by atoms with van der Waals surface area (Å²) in [6.45, 7) is 3.98. The van der Waals surface area contributed by atoms with Crippen molar-refractivity contribution in [1.82, 2.24) is 4.90 Å². The maximum atomic E-state index is 9.11. The number of rotatable bonds is 7. The second kappa shape index (κ2) is 5.48. The molecule has 0 aliphatic heterocycles. The summed E-state index contributed by atoms with van der Waals surface area (Å²) in [4.78, 5) is 2.21. The first-order chi connectivity index (χ1) is 7.12. The molecule has 0 aromatic rings. The van der Waals surface area contributed by atoms with E-state index >= 15 is 0 Å². The molecule has 3 heteroatoms. The Balaban J connectivity index is 2.29. The van der Waals surface area contributed by atoms with Gasteiger partial charge in [0.1, 0.15) is 5.54 Å². The predicted molar refractivity (Wildman–Crippen MR) is 62.3 cm³/mol. The van der Waals surface area contributed by atoms with Crippen LogP contribution in [0.3, 0.4) is 0 Å². The SMILES string of the molecule is CCCCCN(C)CC(N)(C#N)C1CC1. The van der Waals surface area contributed by atoms with Crippen LogP contribution in [0.4, 0.5) is 0 Å². The number of hydrogen-bond acceptors (Lipinski definition) is 3. The van der Waals surface area contributed by atoms with Gasteiger partial charge in [-0.3, -0.25) is 0 Å². The van der Waals surface area contributed by atoms with Gasteiger partial charge in [-0.2, -0.15) is 5.26 Å². The Morgan fingerprint density at radius 2 is 2.13 bits per heavy atom. The molecule has 3 nitrogen and oxygen atoms in total. The van der Waals surface area contributed by atoms with Gasteiger partial charge in [0.15, 0.2) is 0 Å². The summed E-state index contributed by atoms with van der Waals surface area (Å²) in [6, 6.07) is 2.30.